The van der Waals surface area contributed by atoms with Gasteiger partial charge in [-0.1, -0.05) is 13.8 Å². The van der Waals surface area contributed by atoms with Gasteiger partial charge in [0.15, 0.2) is 5.44 Å². The summed E-state index contributed by atoms with van der Waals surface area (Å²) in [5.74, 6) is -2.05. The van der Waals surface area contributed by atoms with E-state index in [4.69, 9.17) is 9.29 Å². The van der Waals surface area contributed by atoms with Gasteiger partial charge in [0.05, 0.1) is 12.5 Å². The highest BCUT2D eigenvalue weighted by Gasteiger charge is 2.67. The van der Waals surface area contributed by atoms with Crippen LogP contribution in [0.4, 0.5) is 0 Å². The molecule has 3 unspecified atom stereocenters. The minimum absolute atomic E-state index is 0.195. The van der Waals surface area contributed by atoms with E-state index in [1.54, 1.807) is 20.8 Å². The second-order valence-electron chi connectivity index (χ2n) is 4.48. The molecule has 0 aliphatic heterocycles. The van der Waals surface area contributed by atoms with Crippen LogP contribution in [0.25, 0.3) is 0 Å². The van der Waals surface area contributed by atoms with E-state index in [1.807, 2.05) is 0 Å². The van der Waals surface area contributed by atoms with E-state index in [1.165, 1.54) is 0 Å². The number of rotatable bonds is 4. The molecule has 3 atom stereocenters. The van der Waals surface area contributed by atoms with E-state index in [-0.39, 0.29) is 6.61 Å². The Labute approximate surface area is 94.4 Å². The number of carbonyl (C=O) groups excluding carboxylic acids is 1. The minimum atomic E-state index is -4.54. The number of esters is 1. The van der Waals surface area contributed by atoms with Crippen molar-refractivity contribution in [2.75, 3.05) is 6.61 Å². The zero-order valence-corrected chi connectivity index (χ0v) is 10.2. The molecule has 0 aromatic rings. The van der Waals surface area contributed by atoms with Gasteiger partial charge >= 0.3 is 5.97 Å². The number of ether oxygens (including phenoxy) is 1. The second-order valence-corrected chi connectivity index (χ2v) is 6.00. The van der Waals surface area contributed by atoms with Gasteiger partial charge in [0.2, 0.25) is 0 Å². The van der Waals surface area contributed by atoms with Crippen molar-refractivity contribution in [3.63, 3.8) is 0 Å². The lowest BCUT2D eigenvalue weighted by Gasteiger charge is -2.07. The predicted octanol–water partition coefficient (Wildman–Crippen LogP) is 0.0279. The zero-order chi connectivity index (χ0) is 12.7. The summed E-state index contributed by atoms with van der Waals surface area (Å²) in [6.07, 6.45) is 0. The molecule has 0 bridgehead atoms. The first-order chi connectivity index (χ1) is 7.14. The number of aliphatic hydroxyl groups is 1. The van der Waals surface area contributed by atoms with Crippen molar-refractivity contribution in [1.82, 2.24) is 0 Å². The van der Waals surface area contributed by atoms with Crippen molar-refractivity contribution < 1.29 is 27.6 Å². The van der Waals surface area contributed by atoms with Gasteiger partial charge in [-0.25, -0.2) is 0 Å². The average molecular weight is 252 g/mol. The Morgan fingerprint density at radius 3 is 2.38 bits per heavy atom. The van der Waals surface area contributed by atoms with Crippen LogP contribution in [0.1, 0.15) is 20.8 Å². The number of hydrogen-bond acceptors (Lipinski definition) is 5. The lowest BCUT2D eigenvalue weighted by Crippen LogP contribution is -2.25. The topological polar surface area (TPSA) is 101 Å². The zero-order valence-electron chi connectivity index (χ0n) is 9.37. The molecular formula is C9H16O6S. The normalized spacial score (nSPS) is 29.6. The molecule has 16 heavy (non-hydrogen) atoms. The molecule has 1 saturated carbocycles. The van der Waals surface area contributed by atoms with E-state index in [9.17, 15) is 18.3 Å². The SMILES string of the molecule is CCOC(=O)C1C(C(O)S(=O)(=O)O)C1(C)C. The monoisotopic (exact) mass is 252 g/mol. The lowest BCUT2D eigenvalue weighted by molar-refractivity contribution is -0.145. The molecule has 0 saturated heterocycles. The molecule has 6 nitrogen and oxygen atoms in total. The van der Waals surface area contributed by atoms with Gasteiger partial charge < -0.3 is 9.84 Å². The molecule has 1 aliphatic rings. The Hall–Kier alpha value is -0.660. The summed E-state index contributed by atoms with van der Waals surface area (Å²) >= 11 is 0. The van der Waals surface area contributed by atoms with Gasteiger partial charge in [0, 0.05) is 5.92 Å². The van der Waals surface area contributed by atoms with Gasteiger partial charge in [0.1, 0.15) is 0 Å². The Morgan fingerprint density at radius 2 is 2.00 bits per heavy atom. The molecule has 0 aromatic carbocycles. The molecule has 0 aromatic heterocycles. The highest BCUT2D eigenvalue weighted by atomic mass is 32.2. The molecule has 2 N–H and O–H groups in total. The standard InChI is InChI=1S/C9H16O6S/c1-4-15-7(10)5-6(9(5,2)3)8(11)16(12,13)14/h5-6,8,11H,4H2,1-3H3,(H,12,13,14). The van der Waals surface area contributed by atoms with Gasteiger partial charge in [0.25, 0.3) is 10.1 Å². The first-order valence-electron chi connectivity index (χ1n) is 4.95. The van der Waals surface area contributed by atoms with Crippen molar-refractivity contribution in [2.24, 2.45) is 17.3 Å². The van der Waals surface area contributed by atoms with Crippen LogP contribution in [0, 0.1) is 17.3 Å². The van der Waals surface area contributed by atoms with Crippen LogP contribution in [0.15, 0.2) is 0 Å². The summed E-state index contributed by atoms with van der Waals surface area (Å²) < 4.78 is 35.1. The molecule has 1 aliphatic carbocycles. The van der Waals surface area contributed by atoms with Crippen LogP contribution in [0.2, 0.25) is 0 Å². The Bertz CT molecular complexity index is 385. The first-order valence-corrected chi connectivity index (χ1v) is 6.45. The highest BCUT2D eigenvalue weighted by molar-refractivity contribution is 7.86. The van der Waals surface area contributed by atoms with Gasteiger partial charge in [-0.05, 0) is 12.3 Å². The van der Waals surface area contributed by atoms with E-state index in [0.29, 0.717) is 0 Å². The van der Waals surface area contributed by atoms with E-state index >= 15 is 0 Å². The van der Waals surface area contributed by atoms with Gasteiger partial charge in [-0.2, -0.15) is 8.42 Å². The largest absolute Gasteiger partial charge is 0.466 e. The summed E-state index contributed by atoms with van der Waals surface area (Å²) in [4.78, 5) is 11.5. The highest BCUT2D eigenvalue weighted by Crippen LogP contribution is 2.61. The maximum absolute atomic E-state index is 11.5. The molecule has 0 spiro atoms. The lowest BCUT2D eigenvalue weighted by atomic mass is 10.1. The molecule has 0 radical (unpaired) electrons. The van der Waals surface area contributed by atoms with Crippen molar-refractivity contribution >= 4 is 16.1 Å². The van der Waals surface area contributed by atoms with Crippen LogP contribution in [-0.2, 0) is 19.6 Å². The predicted molar refractivity (Wildman–Crippen MR) is 54.9 cm³/mol. The van der Waals surface area contributed by atoms with Crippen LogP contribution >= 0.6 is 0 Å². The van der Waals surface area contributed by atoms with Crippen molar-refractivity contribution in [2.45, 2.75) is 26.2 Å². The fraction of sp³-hybridized carbons (Fsp3) is 0.889. The summed E-state index contributed by atoms with van der Waals surface area (Å²) in [5, 5.41) is 9.40. The van der Waals surface area contributed by atoms with Crippen LogP contribution in [-0.4, -0.2) is 36.1 Å². The molecule has 94 valence electrons. The molecule has 1 fully saturated rings. The smallest absolute Gasteiger partial charge is 0.309 e. The molecule has 1 rings (SSSR count). The fourth-order valence-electron chi connectivity index (χ4n) is 2.08. The van der Waals surface area contributed by atoms with Crippen LogP contribution in [0.5, 0.6) is 0 Å². The average Bonchev–Trinajstić information content (AvgIpc) is 2.66. The Morgan fingerprint density at radius 1 is 1.50 bits per heavy atom. The summed E-state index contributed by atoms with van der Waals surface area (Å²) in [5.41, 5.74) is -2.61. The Kier molecular flexibility index (Phi) is 3.33. The summed E-state index contributed by atoms with van der Waals surface area (Å²) in [7, 11) is -4.54. The quantitative estimate of drug-likeness (QED) is 0.540. The number of aliphatic hydroxyl groups excluding tert-OH is 1. The second kappa shape index (κ2) is 3.97. The van der Waals surface area contributed by atoms with E-state index in [2.05, 4.69) is 0 Å². The summed E-state index contributed by atoms with van der Waals surface area (Å²) in [6, 6.07) is 0. The molecule has 7 heteroatoms. The fourth-order valence-corrected chi connectivity index (χ4v) is 2.96. The third-order valence-corrected chi connectivity index (χ3v) is 3.97. The third-order valence-electron chi connectivity index (χ3n) is 3.06. The maximum Gasteiger partial charge on any atom is 0.309 e. The first kappa shape index (κ1) is 13.4. The van der Waals surface area contributed by atoms with Crippen LogP contribution in [0.3, 0.4) is 0 Å². The summed E-state index contributed by atoms with van der Waals surface area (Å²) in [6.45, 7) is 5.13. The van der Waals surface area contributed by atoms with Gasteiger partial charge in [-0.3, -0.25) is 9.35 Å². The minimum Gasteiger partial charge on any atom is -0.466 e. The molecular weight excluding hydrogens is 236 g/mol. The third kappa shape index (κ3) is 2.21. The van der Waals surface area contributed by atoms with Crippen molar-refractivity contribution in [1.29, 1.82) is 0 Å². The number of hydrogen-bond donors (Lipinski definition) is 2. The van der Waals surface area contributed by atoms with Crippen LogP contribution < -0.4 is 0 Å². The van der Waals surface area contributed by atoms with E-state index < -0.39 is 38.8 Å². The number of carbonyl (C=O) groups is 1. The van der Waals surface area contributed by atoms with Crippen molar-refractivity contribution in [3.05, 3.63) is 0 Å². The molecule has 0 heterocycles. The molecule has 0 amide bonds. The Balaban J connectivity index is 2.83. The van der Waals surface area contributed by atoms with E-state index in [0.717, 1.165) is 0 Å². The van der Waals surface area contributed by atoms with Crippen molar-refractivity contribution in [3.8, 4) is 0 Å². The maximum atomic E-state index is 11.5. The van der Waals surface area contributed by atoms with Gasteiger partial charge in [-0.15, -0.1) is 0 Å².